The Labute approximate surface area is 88.1 Å². The second-order valence-electron chi connectivity index (χ2n) is 3.55. The summed E-state index contributed by atoms with van der Waals surface area (Å²) in [4.78, 5) is 18.3. The number of ether oxygens (including phenoxy) is 1. The van der Waals surface area contributed by atoms with E-state index in [4.69, 9.17) is 9.84 Å². The van der Waals surface area contributed by atoms with E-state index in [1.165, 1.54) is 12.4 Å². The summed E-state index contributed by atoms with van der Waals surface area (Å²) in [6.45, 7) is 4.59. The predicted octanol–water partition coefficient (Wildman–Crippen LogP) is 1.60. The van der Waals surface area contributed by atoms with Crippen LogP contribution in [0.5, 0.6) is 5.88 Å². The summed E-state index contributed by atoms with van der Waals surface area (Å²) >= 11 is 0. The van der Waals surface area contributed by atoms with Gasteiger partial charge in [-0.2, -0.15) is 0 Å². The van der Waals surface area contributed by atoms with Crippen LogP contribution in [0.2, 0.25) is 0 Å². The Hall–Kier alpha value is -1.65. The minimum absolute atomic E-state index is 0.0886. The number of rotatable bonds is 5. The van der Waals surface area contributed by atoms with Gasteiger partial charge in [0.25, 0.3) is 0 Å². The minimum Gasteiger partial charge on any atom is -0.476 e. The molecule has 0 saturated carbocycles. The molecule has 5 nitrogen and oxygen atoms in total. The molecule has 0 aliphatic carbocycles. The van der Waals surface area contributed by atoms with Crippen molar-refractivity contribution in [2.24, 2.45) is 5.92 Å². The first-order chi connectivity index (χ1) is 7.11. The van der Waals surface area contributed by atoms with Crippen molar-refractivity contribution >= 4 is 5.97 Å². The Balaban J connectivity index is 2.63. The summed E-state index contributed by atoms with van der Waals surface area (Å²) in [5.41, 5.74) is -0.138. The molecule has 0 radical (unpaired) electrons. The van der Waals surface area contributed by atoms with Gasteiger partial charge in [-0.15, -0.1) is 0 Å². The van der Waals surface area contributed by atoms with E-state index >= 15 is 0 Å². The molecule has 0 aliphatic heterocycles. The molecule has 0 aliphatic rings. The molecular formula is C10H14N2O3. The first-order valence-corrected chi connectivity index (χ1v) is 4.78. The monoisotopic (exact) mass is 210 g/mol. The van der Waals surface area contributed by atoms with Gasteiger partial charge in [0.1, 0.15) is 0 Å². The van der Waals surface area contributed by atoms with E-state index in [1.54, 1.807) is 0 Å². The lowest BCUT2D eigenvalue weighted by atomic mass is 10.1. The number of hydrogen-bond acceptors (Lipinski definition) is 4. The van der Waals surface area contributed by atoms with Crippen molar-refractivity contribution < 1.29 is 14.6 Å². The minimum atomic E-state index is -1.12. The van der Waals surface area contributed by atoms with Gasteiger partial charge in [-0.1, -0.05) is 13.8 Å². The normalized spacial score (nSPS) is 10.3. The van der Waals surface area contributed by atoms with Crippen molar-refractivity contribution in [2.45, 2.75) is 20.3 Å². The van der Waals surface area contributed by atoms with E-state index in [9.17, 15) is 4.79 Å². The zero-order valence-corrected chi connectivity index (χ0v) is 8.80. The number of nitrogens with zero attached hydrogens (tertiary/aromatic N) is 2. The van der Waals surface area contributed by atoms with Crippen LogP contribution in [0.1, 0.15) is 30.8 Å². The zero-order chi connectivity index (χ0) is 11.3. The van der Waals surface area contributed by atoms with Crippen LogP contribution < -0.4 is 4.74 Å². The van der Waals surface area contributed by atoms with Crippen LogP contribution in [-0.2, 0) is 0 Å². The van der Waals surface area contributed by atoms with Crippen molar-refractivity contribution in [1.82, 2.24) is 9.97 Å². The van der Waals surface area contributed by atoms with Crippen LogP contribution in [0.4, 0.5) is 0 Å². The van der Waals surface area contributed by atoms with Gasteiger partial charge in [-0.3, -0.25) is 0 Å². The summed E-state index contributed by atoms with van der Waals surface area (Å²) in [5, 5.41) is 8.79. The highest BCUT2D eigenvalue weighted by molar-refractivity contribution is 5.87. The first-order valence-electron chi connectivity index (χ1n) is 4.78. The van der Waals surface area contributed by atoms with Gasteiger partial charge in [0, 0.05) is 12.4 Å². The Morgan fingerprint density at radius 2 is 2.13 bits per heavy atom. The maximum absolute atomic E-state index is 10.7. The molecule has 1 N–H and O–H groups in total. The summed E-state index contributed by atoms with van der Waals surface area (Å²) in [6.07, 6.45) is 3.60. The second kappa shape index (κ2) is 5.29. The van der Waals surface area contributed by atoms with E-state index < -0.39 is 5.97 Å². The first kappa shape index (κ1) is 11.4. The van der Waals surface area contributed by atoms with Crippen molar-refractivity contribution in [1.29, 1.82) is 0 Å². The van der Waals surface area contributed by atoms with Crippen LogP contribution in [0.3, 0.4) is 0 Å². The number of carboxylic acid groups (broad SMARTS) is 1. The lowest BCUT2D eigenvalue weighted by Crippen LogP contribution is -2.09. The molecule has 1 heterocycles. The van der Waals surface area contributed by atoms with E-state index in [0.717, 1.165) is 6.42 Å². The SMILES string of the molecule is CC(C)CCOc1nccnc1C(=O)O. The van der Waals surface area contributed by atoms with E-state index in [0.29, 0.717) is 12.5 Å². The summed E-state index contributed by atoms with van der Waals surface area (Å²) in [5.74, 6) is -0.525. The van der Waals surface area contributed by atoms with Gasteiger partial charge >= 0.3 is 5.97 Å². The van der Waals surface area contributed by atoms with Gasteiger partial charge < -0.3 is 9.84 Å². The highest BCUT2D eigenvalue weighted by Gasteiger charge is 2.13. The average Bonchev–Trinajstić information content (AvgIpc) is 2.17. The van der Waals surface area contributed by atoms with E-state index in [2.05, 4.69) is 23.8 Å². The molecule has 82 valence electrons. The maximum Gasteiger partial charge on any atom is 0.360 e. The highest BCUT2D eigenvalue weighted by Crippen LogP contribution is 2.12. The van der Waals surface area contributed by atoms with E-state index in [1.807, 2.05) is 0 Å². The summed E-state index contributed by atoms with van der Waals surface area (Å²) in [7, 11) is 0. The zero-order valence-electron chi connectivity index (χ0n) is 8.80. The molecule has 15 heavy (non-hydrogen) atoms. The van der Waals surface area contributed by atoms with Gasteiger partial charge in [-0.05, 0) is 12.3 Å². The molecule has 1 rings (SSSR count). The standard InChI is InChI=1S/C10H14N2O3/c1-7(2)3-6-15-9-8(10(13)14)11-4-5-12-9/h4-5,7H,3,6H2,1-2H3,(H,13,14). The third kappa shape index (κ3) is 3.53. The number of carboxylic acids is 1. The average molecular weight is 210 g/mol. The van der Waals surface area contributed by atoms with Gasteiger partial charge in [0.15, 0.2) is 0 Å². The molecule has 0 saturated heterocycles. The van der Waals surface area contributed by atoms with Crippen LogP contribution in [0.25, 0.3) is 0 Å². The fourth-order valence-corrected chi connectivity index (χ4v) is 0.969. The molecule has 5 heteroatoms. The van der Waals surface area contributed by atoms with Gasteiger partial charge in [0.2, 0.25) is 11.6 Å². The van der Waals surface area contributed by atoms with Crippen molar-refractivity contribution in [3.8, 4) is 5.88 Å². The number of aromatic nitrogens is 2. The summed E-state index contributed by atoms with van der Waals surface area (Å²) < 4.78 is 5.25. The van der Waals surface area contributed by atoms with Crippen LogP contribution in [-0.4, -0.2) is 27.7 Å². The molecule has 1 aromatic rings. The molecule has 0 bridgehead atoms. The lowest BCUT2D eigenvalue weighted by Gasteiger charge is -2.08. The molecule has 0 atom stereocenters. The van der Waals surface area contributed by atoms with Crippen molar-refractivity contribution in [2.75, 3.05) is 6.61 Å². The predicted molar refractivity (Wildman–Crippen MR) is 53.9 cm³/mol. The quantitative estimate of drug-likeness (QED) is 0.799. The van der Waals surface area contributed by atoms with Crippen LogP contribution in [0.15, 0.2) is 12.4 Å². The Bertz CT molecular complexity index is 339. The lowest BCUT2D eigenvalue weighted by molar-refractivity contribution is 0.0684. The topological polar surface area (TPSA) is 72.3 Å². The van der Waals surface area contributed by atoms with Crippen molar-refractivity contribution in [3.05, 3.63) is 18.1 Å². The number of hydrogen-bond donors (Lipinski definition) is 1. The Morgan fingerprint density at radius 1 is 1.47 bits per heavy atom. The third-order valence-electron chi connectivity index (χ3n) is 1.80. The van der Waals surface area contributed by atoms with Gasteiger partial charge in [-0.25, -0.2) is 14.8 Å². The largest absolute Gasteiger partial charge is 0.476 e. The molecule has 0 unspecified atom stereocenters. The third-order valence-corrected chi connectivity index (χ3v) is 1.80. The molecule has 0 aromatic carbocycles. The number of aromatic carboxylic acids is 1. The molecular weight excluding hydrogens is 196 g/mol. The second-order valence-corrected chi connectivity index (χ2v) is 3.55. The maximum atomic E-state index is 10.7. The molecule has 0 spiro atoms. The smallest absolute Gasteiger partial charge is 0.360 e. The summed E-state index contributed by atoms with van der Waals surface area (Å²) in [6, 6.07) is 0. The van der Waals surface area contributed by atoms with Gasteiger partial charge in [0.05, 0.1) is 6.61 Å². The van der Waals surface area contributed by atoms with Crippen LogP contribution in [0, 0.1) is 5.92 Å². The Kier molecular flexibility index (Phi) is 4.03. The fraction of sp³-hybridized carbons (Fsp3) is 0.500. The molecule has 1 aromatic heterocycles. The fourth-order valence-electron chi connectivity index (χ4n) is 0.969. The molecule has 0 fully saturated rings. The van der Waals surface area contributed by atoms with E-state index in [-0.39, 0.29) is 11.6 Å². The number of carbonyl (C=O) groups is 1. The highest BCUT2D eigenvalue weighted by atomic mass is 16.5. The van der Waals surface area contributed by atoms with Crippen molar-refractivity contribution in [3.63, 3.8) is 0 Å². The van der Waals surface area contributed by atoms with Crippen LogP contribution >= 0.6 is 0 Å². The Morgan fingerprint density at radius 3 is 2.73 bits per heavy atom. The molecule has 0 amide bonds.